The third kappa shape index (κ3) is 8.18. The molecule has 0 spiro atoms. The minimum atomic E-state index is -0.253. The lowest BCUT2D eigenvalue weighted by Gasteiger charge is -2.36. The van der Waals surface area contributed by atoms with E-state index in [1.54, 1.807) is 20.2 Å². The first-order valence-electron chi connectivity index (χ1n) is 8.91. The van der Waals surface area contributed by atoms with Crippen molar-refractivity contribution in [2.75, 3.05) is 60.0 Å². The summed E-state index contributed by atoms with van der Waals surface area (Å²) in [4.78, 5) is 20.4. The topological polar surface area (TPSA) is 69.2 Å². The maximum absolute atomic E-state index is 14.0. The highest BCUT2D eigenvalue weighted by molar-refractivity contribution is 14.0. The van der Waals surface area contributed by atoms with Crippen LogP contribution in [0.3, 0.4) is 0 Å². The number of ether oxygens (including phenoxy) is 1. The van der Waals surface area contributed by atoms with Crippen LogP contribution in [0.1, 0.15) is 5.56 Å². The van der Waals surface area contributed by atoms with Crippen molar-refractivity contribution >= 4 is 51.8 Å². The zero-order valence-corrected chi connectivity index (χ0v) is 20.1. The van der Waals surface area contributed by atoms with Crippen LogP contribution in [0.15, 0.2) is 27.7 Å². The second kappa shape index (κ2) is 13.3. The molecule has 1 aliphatic rings. The predicted molar refractivity (Wildman–Crippen MR) is 123 cm³/mol. The van der Waals surface area contributed by atoms with E-state index < -0.39 is 0 Å². The van der Waals surface area contributed by atoms with Crippen molar-refractivity contribution in [2.45, 2.75) is 6.54 Å². The summed E-state index contributed by atoms with van der Waals surface area (Å²) in [6.07, 6.45) is 0. The minimum absolute atomic E-state index is 0. The van der Waals surface area contributed by atoms with Gasteiger partial charge in [-0.3, -0.25) is 14.7 Å². The van der Waals surface area contributed by atoms with E-state index in [-0.39, 0.29) is 35.7 Å². The molecule has 0 aliphatic carbocycles. The van der Waals surface area contributed by atoms with Crippen molar-refractivity contribution in [1.29, 1.82) is 0 Å². The molecular weight excluding hydrogens is 544 g/mol. The zero-order chi connectivity index (χ0) is 19.6. The lowest BCUT2D eigenvalue weighted by Crippen LogP contribution is -2.54. The van der Waals surface area contributed by atoms with Gasteiger partial charge in [-0.1, -0.05) is 22.0 Å². The van der Waals surface area contributed by atoms with Crippen molar-refractivity contribution in [3.8, 4) is 0 Å². The number of amides is 1. The third-order valence-corrected chi connectivity index (χ3v) is 4.82. The number of benzene rings is 1. The van der Waals surface area contributed by atoms with Crippen LogP contribution in [0.4, 0.5) is 4.39 Å². The maximum atomic E-state index is 14.0. The van der Waals surface area contributed by atoms with Gasteiger partial charge in [-0.25, -0.2) is 4.39 Å². The fourth-order valence-corrected chi connectivity index (χ4v) is 3.17. The summed E-state index contributed by atoms with van der Waals surface area (Å²) in [5.41, 5.74) is 0.589. The van der Waals surface area contributed by atoms with E-state index in [0.29, 0.717) is 31.8 Å². The number of nitrogens with zero attached hydrogens (tertiary/aromatic N) is 3. The zero-order valence-electron chi connectivity index (χ0n) is 16.2. The summed E-state index contributed by atoms with van der Waals surface area (Å²) in [6, 6.07) is 5.02. The van der Waals surface area contributed by atoms with Crippen LogP contribution in [0, 0.1) is 5.82 Å². The molecule has 28 heavy (non-hydrogen) atoms. The first-order valence-corrected chi connectivity index (χ1v) is 9.70. The summed E-state index contributed by atoms with van der Waals surface area (Å²) in [6.45, 7) is 4.85. The Morgan fingerprint density at radius 3 is 2.61 bits per heavy atom. The van der Waals surface area contributed by atoms with Gasteiger partial charge in [0.05, 0.1) is 13.2 Å². The molecule has 0 atom stereocenters. The average Bonchev–Trinajstić information content (AvgIpc) is 2.65. The maximum Gasteiger partial charge on any atom is 0.234 e. The molecule has 0 unspecified atom stereocenters. The summed E-state index contributed by atoms with van der Waals surface area (Å²) in [5, 5.41) is 6.04. The summed E-state index contributed by atoms with van der Waals surface area (Å²) >= 11 is 3.26. The number of rotatable bonds is 7. The van der Waals surface area contributed by atoms with Gasteiger partial charge in [0.1, 0.15) is 5.82 Å². The number of carbonyl (C=O) groups is 1. The Kier molecular flexibility index (Phi) is 11.9. The van der Waals surface area contributed by atoms with Gasteiger partial charge in [0, 0.05) is 63.5 Å². The monoisotopic (exact) mass is 571 g/mol. The Balaban J connectivity index is 0.00000392. The van der Waals surface area contributed by atoms with E-state index in [1.165, 1.54) is 6.07 Å². The van der Waals surface area contributed by atoms with Crippen molar-refractivity contribution in [3.05, 3.63) is 34.1 Å². The Bertz CT molecular complexity index is 657. The van der Waals surface area contributed by atoms with Crippen LogP contribution < -0.4 is 10.6 Å². The number of piperazine rings is 1. The molecule has 0 radical (unpaired) electrons. The normalized spacial score (nSPS) is 15.1. The van der Waals surface area contributed by atoms with Crippen molar-refractivity contribution in [1.82, 2.24) is 20.4 Å². The fourth-order valence-electron chi connectivity index (χ4n) is 2.84. The molecule has 0 aromatic heterocycles. The Labute approximate surface area is 191 Å². The second-order valence-corrected chi connectivity index (χ2v) is 7.16. The Hall–Kier alpha value is -0.980. The molecule has 1 saturated heterocycles. The number of hydrogen-bond acceptors (Lipinski definition) is 4. The molecular formula is C18H28BrFIN5O2. The van der Waals surface area contributed by atoms with Gasteiger partial charge in [0.25, 0.3) is 0 Å². The third-order valence-electron chi connectivity index (χ3n) is 4.33. The molecule has 2 rings (SSSR count). The molecule has 1 aromatic carbocycles. The number of aliphatic imine (C=N–C) groups is 1. The number of carbonyl (C=O) groups excluding carboxylic acids is 1. The van der Waals surface area contributed by atoms with Crippen molar-refractivity contribution in [2.24, 2.45) is 4.99 Å². The smallest absolute Gasteiger partial charge is 0.234 e. The molecule has 0 bridgehead atoms. The van der Waals surface area contributed by atoms with Gasteiger partial charge in [-0.2, -0.15) is 0 Å². The molecule has 1 amide bonds. The van der Waals surface area contributed by atoms with Crippen LogP contribution >= 0.6 is 39.9 Å². The van der Waals surface area contributed by atoms with Gasteiger partial charge in [0.15, 0.2) is 5.96 Å². The highest BCUT2D eigenvalue weighted by Crippen LogP contribution is 2.15. The van der Waals surface area contributed by atoms with Gasteiger partial charge in [-0.15, -0.1) is 24.0 Å². The van der Waals surface area contributed by atoms with Crippen molar-refractivity contribution < 1.29 is 13.9 Å². The van der Waals surface area contributed by atoms with Gasteiger partial charge < -0.3 is 20.3 Å². The molecule has 1 fully saturated rings. The van der Waals surface area contributed by atoms with E-state index in [9.17, 15) is 9.18 Å². The van der Waals surface area contributed by atoms with Crippen LogP contribution in [-0.4, -0.2) is 81.7 Å². The van der Waals surface area contributed by atoms with Crippen LogP contribution in [0.5, 0.6) is 0 Å². The van der Waals surface area contributed by atoms with Gasteiger partial charge in [-0.05, 0) is 12.1 Å². The first-order chi connectivity index (χ1) is 13.0. The number of hydrogen-bond donors (Lipinski definition) is 2. The van der Waals surface area contributed by atoms with E-state index in [4.69, 9.17) is 4.74 Å². The van der Waals surface area contributed by atoms with Crippen LogP contribution in [0.2, 0.25) is 0 Å². The number of guanidine groups is 1. The predicted octanol–water partition coefficient (Wildman–Crippen LogP) is 1.66. The van der Waals surface area contributed by atoms with Crippen LogP contribution in [0.25, 0.3) is 0 Å². The highest BCUT2D eigenvalue weighted by atomic mass is 127. The molecule has 7 nitrogen and oxygen atoms in total. The Morgan fingerprint density at radius 2 is 2.00 bits per heavy atom. The molecule has 0 saturated carbocycles. The number of halogens is 3. The number of methoxy groups -OCH3 is 1. The fraction of sp³-hybridized carbons (Fsp3) is 0.556. The molecule has 1 aliphatic heterocycles. The van der Waals surface area contributed by atoms with Crippen LogP contribution in [-0.2, 0) is 16.1 Å². The van der Waals surface area contributed by atoms with Gasteiger partial charge >= 0.3 is 0 Å². The highest BCUT2D eigenvalue weighted by Gasteiger charge is 2.21. The van der Waals surface area contributed by atoms with Gasteiger partial charge in [0.2, 0.25) is 5.91 Å². The largest absolute Gasteiger partial charge is 0.383 e. The summed E-state index contributed by atoms with van der Waals surface area (Å²) in [7, 11) is 3.33. The van der Waals surface area contributed by atoms with E-state index >= 15 is 0 Å². The molecule has 158 valence electrons. The van der Waals surface area contributed by atoms with Crippen molar-refractivity contribution in [3.63, 3.8) is 0 Å². The number of nitrogens with one attached hydrogen (secondary N) is 2. The quantitative estimate of drug-likeness (QED) is 0.225. The standard InChI is InChI=1S/C18H27BrFN5O2.HI/c1-21-18(23-12-14-3-4-15(19)11-16(14)20)25-8-6-24(7-9-25)13-17(26)22-5-10-27-2;/h3-4,11H,5-10,12-13H2,1-2H3,(H,21,23)(H,22,26);1H. The molecule has 10 heteroatoms. The summed E-state index contributed by atoms with van der Waals surface area (Å²) in [5.74, 6) is 0.492. The first kappa shape index (κ1) is 25.1. The lowest BCUT2D eigenvalue weighted by atomic mass is 10.2. The molecule has 1 heterocycles. The Morgan fingerprint density at radius 1 is 1.29 bits per heavy atom. The molecule has 2 N–H and O–H groups in total. The van der Waals surface area contributed by atoms with E-state index in [1.807, 2.05) is 6.07 Å². The second-order valence-electron chi connectivity index (χ2n) is 6.24. The molecule has 1 aromatic rings. The van der Waals surface area contributed by atoms with E-state index in [0.717, 1.165) is 36.6 Å². The average molecular weight is 572 g/mol. The van der Waals surface area contributed by atoms with E-state index in [2.05, 4.69) is 41.4 Å². The lowest BCUT2D eigenvalue weighted by molar-refractivity contribution is -0.122. The SMILES string of the molecule is CN=C(NCc1ccc(Br)cc1F)N1CCN(CC(=O)NCCOC)CC1.I. The summed E-state index contributed by atoms with van der Waals surface area (Å²) < 4.78 is 19.6. The minimum Gasteiger partial charge on any atom is -0.383 e.